The second-order valence-corrected chi connectivity index (χ2v) is 3.74. The third kappa shape index (κ3) is 5.39. The fraction of sp³-hybridized carbons (Fsp3) is 0.455. The van der Waals surface area contributed by atoms with Crippen molar-refractivity contribution in [2.75, 3.05) is 13.1 Å². The molecule has 1 nitrogen and oxygen atoms in total. The van der Waals surface area contributed by atoms with E-state index < -0.39 is 24.5 Å². The van der Waals surface area contributed by atoms with E-state index in [-0.39, 0.29) is 13.0 Å². The number of benzene rings is 1. The molecule has 0 saturated heterocycles. The Bertz CT molecular complexity index is 365. The summed E-state index contributed by atoms with van der Waals surface area (Å²) in [6, 6.07) is 4.36. The molecule has 0 atom stereocenters. The number of alkyl halides is 6. The average molecular weight is 271 g/mol. The molecule has 0 amide bonds. The standard InChI is InChI=1S/C11H11F6N/c12-10(13,14)7-18-6-5-8-1-3-9(4-2-8)11(15,16)17/h1-4,18H,5-7H2. The molecule has 0 saturated carbocycles. The van der Waals surface area contributed by atoms with E-state index in [1.165, 1.54) is 12.1 Å². The van der Waals surface area contributed by atoms with Gasteiger partial charge in [-0.2, -0.15) is 26.3 Å². The maximum atomic E-state index is 12.2. The lowest BCUT2D eigenvalue weighted by Gasteiger charge is -2.09. The third-order valence-corrected chi connectivity index (χ3v) is 2.20. The van der Waals surface area contributed by atoms with Crippen molar-refractivity contribution in [2.24, 2.45) is 0 Å². The van der Waals surface area contributed by atoms with E-state index in [0.717, 1.165) is 12.1 Å². The summed E-state index contributed by atoms with van der Waals surface area (Å²) >= 11 is 0. The van der Waals surface area contributed by atoms with Gasteiger partial charge in [0.15, 0.2) is 0 Å². The molecule has 0 aliphatic heterocycles. The zero-order chi connectivity index (χ0) is 13.8. The Morgan fingerprint density at radius 1 is 0.889 bits per heavy atom. The Morgan fingerprint density at radius 2 is 1.44 bits per heavy atom. The summed E-state index contributed by atoms with van der Waals surface area (Å²) in [6.07, 6.45) is -8.43. The van der Waals surface area contributed by atoms with Gasteiger partial charge in [0.25, 0.3) is 0 Å². The van der Waals surface area contributed by atoms with Crippen LogP contribution in [0.1, 0.15) is 11.1 Å². The molecule has 1 aromatic rings. The van der Waals surface area contributed by atoms with Gasteiger partial charge in [-0.05, 0) is 30.7 Å². The molecule has 0 heterocycles. The van der Waals surface area contributed by atoms with E-state index in [1.54, 1.807) is 0 Å². The molecule has 102 valence electrons. The van der Waals surface area contributed by atoms with Crippen LogP contribution in [0.4, 0.5) is 26.3 Å². The molecule has 7 heteroatoms. The van der Waals surface area contributed by atoms with Crippen molar-refractivity contribution < 1.29 is 26.3 Å². The Balaban J connectivity index is 2.41. The number of nitrogens with one attached hydrogen (secondary N) is 1. The smallest absolute Gasteiger partial charge is 0.308 e. The van der Waals surface area contributed by atoms with Crippen molar-refractivity contribution in [2.45, 2.75) is 18.8 Å². The van der Waals surface area contributed by atoms with Crippen molar-refractivity contribution in [3.63, 3.8) is 0 Å². The largest absolute Gasteiger partial charge is 0.416 e. The minimum Gasteiger partial charge on any atom is -0.308 e. The van der Waals surface area contributed by atoms with E-state index in [0.29, 0.717) is 5.56 Å². The topological polar surface area (TPSA) is 12.0 Å². The Morgan fingerprint density at radius 3 is 1.89 bits per heavy atom. The van der Waals surface area contributed by atoms with Crippen LogP contribution in [0.25, 0.3) is 0 Å². The Kier molecular flexibility index (Phi) is 4.61. The highest BCUT2D eigenvalue weighted by Gasteiger charge is 2.30. The highest BCUT2D eigenvalue weighted by atomic mass is 19.4. The number of hydrogen-bond acceptors (Lipinski definition) is 1. The number of halogens is 6. The van der Waals surface area contributed by atoms with Gasteiger partial charge < -0.3 is 5.32 Å². The first-order valence-corrected chi connectivity index (χ1v) is 5.12. The second-order valence-electron chi connectivity index (χ2n) is 3.74. The summed E-state index contributed by atoms with van der Waals surface area (Å²) in [6.45, 7) is -1.04. The summed E-state index contributed by atoms with van der Waals surface area (Å²) in [5.74, 6) is 0. The van der Waals surface area contributed by atoms with Gasteiger partial charge in [0.05, 0.1) is 12.1 Å². The molecule has 0 spiro atoms. The maximum absolute atomic E-state index is 12.2. The predicted molar refractivity (Wildman–Crippen MR) is 54.1 cm³/mol. The fourth-order valence-corrected chi connectivity index (χ4v) is 1.32. The summed E-state index contributed by atoms with van der Waals surface area (Å²) in [7, 11) is 0. The van der Waals surface area contributed by atoms with Gasteiger partial charge in [0.2, 0.25) is 0 Å². The van der Waals surface area contributed by atoms with E-state index in [4.69, 9.17) is 0 Å². The van der Waals surface area contributed by atoms with Crippen LogP contribution >= 0.6 is 0 Å². The predicted octanol–water partition coefficient (Wildman–Crippen LogP) is 3.40. The summed E-state index contributed by atoms with van der Waals surface area (Å²) in [5.41, 5.74) is -0.216. The minimum absolute atomic E-state index is 0.0604. The molecule has 0 bridgehead atoms. The van der Waals surface area contributed by atoms with Crippen molar-refractivity contribution >= 4 is 0 Å². The van der Waals surface area contributed by atoms with Gasteiger partial charge in [-0.3, -0.25) is 0 Å². The monoisotopic (exact) mass is 271 g/mol. The molecule has 0 radical (unpaired) electrons. The third-order valence-electron chi connectivity index (χ3n) is 2.20. The zero-order valence-electron chi connectivity index (χ0n) is 9.20. The molecule has 1 aromatic carbocycles. The van der Waals surface area contributed by atoms with E-state index in [2.05, 4.69) is 5.32 Å². The lowest BCUT2D eigenvalue weighted by Crippen LogP contribution is -2.30. The van der Waals surface area contributed by atoms with Crippen molar-refractivity contribution in [3.8, 4) is 0 Å². The van der Waals surface area contributed by atoms with Crippen LogP contribution < -0.4 is 5.32 Å². The molecular weight excluding hydrogens is 260 g/mol. The van der Waals surface area contributed by atoms with Crippen molar-refractivity contribution in [1.29, 1.82) is 0 Å². The molecule has 1 rings (SSSR count). The fourth-order valence-electron chi connectivity index (χ4n) is 1.32. The van der Waals surface area contributed by atoms with Crippen LogP contribution in [0.3, 0.4) is 0 Å². The number of rotatable bonds is 4. The highest BCUT2D eigenvalue weighted by molar-refractivity contribution is 5.24. The van der Waals surface area contributed by atoms with Crippen LogP contribution in [0.5, 0.6) is 0 Å². The SMILES string of the molecule is FC(F)(F)CNCCc1ccc(C(F)(F)F)cc1. The van der Waals surface area contributed by atoms with E-state index >= 15 is 0 Å². The molecule has 1 N–H and O–H groups in total. The first-order chi connectivity index (χ1) is 8.18. The van der Waals surface area contributed by atoms with Gasteiger partial charge in [0, 0.05) is 0 Å². The van der Waals surface area contributed by atoms with E-state index in [1.807, 2.05) is 0 Å². The highest BCUT2D eigenvalue weighted by Crippen LogP contribution is 2.29. The van der Waals surface area contributed by atoms with Crippen molar-refractivity contribution in [1.82, 2.24) is 5.32 Å². The first kappa shape index (κ1) is 14.8. The molecule has 0 aliphatic carbocycles. The van der Waals surface area contributed by atoms with Crippen LogP contribution in [-0.4, -0.2) is 19.3 Å². The van der Waals surface area contributed by atoms with Gasteiger partial charge in [0.1, 0.15) is 0 Å². The quantitative estimate of drug-likeness (QED) is 0.653. The normalized spacial score (nSPS) is 12.8. The molecular formula is C11H11F6N. The van der Waals surface area contributed by atoms with Gasteiger partial charge in [-0.15, -0.1) is 0 Å². The van der Waals surface area contributed by atoms with Gasteiger partial charge in [-0.1, -0.05) is 12.1 Å². The molecule has 0 aromatic heterocycles. The first-order valence-electron chi connectivity index (χ1n) is 5.12. The Hall–Kier alpha value is -1.24. The number of hydrogen-bond donors (Lipinski definition) is 1. The zero-order valence-corrected chi connectivity index (χ0v) is 9.20. The minimum atomic E-state index is -4.40. The maximum Gasteiger partial charge on any atom is 0.416 e. The molecule has 0 aliphatic rings. The average Bonchev–Trinajstić information content (AvgIpc) is 2.22. The van der Waals surface area contributed by atoms with Crippen LogP contribution in [0.15, 0.2) is 24.3 Å². The van der Waals surface area contributed by atoms with Crippen LogP contribution in [0.2, 0.25) is 0 Å². The summed E-state index contributed by atoms with van der Waals surface area (Å²) in [5, 5.41) is 2.17. The molecule has 0 fully saturated rings. The second kappa shape index (κ2) is 5.60. The molecule has 0 unspecified atom stereocenters. The summed E-state index contributed by atoms with van der Waals surface area (Å²) in [4.78, 5) is 0. The van der Waals surface area contributed by atoms with Crippen molar-refractivity contribution in [3.05, 3.63) is 35.4 Å². The van der Waals surface area contributed by atoms with Gasteiger partial charge in [-0.25, -0.2) is 0 Å². The van der Waals surface area contributed by atoms with Crippen LogP contribution in [-0.2, 0) is 12.6 Å². The Labute approximate surface area is 99.8 Å². The van der Waals surface area contributed by atoms with Gasteiger partial charge >= 0.3 is 12.4 Å². The van der Waals surface area contributed by atoms with E-state index in [9.17, 15) is 26.3 Å². The lowest BCUT2D eigenvalue weighted by atomic mass is 10.1. The lowest BCUT2D eigenvalue weighted by molar-refractivity contribution is -0.137. The molecule has 18 heavy (non-hydrogen) atoms. The van der Waals surface area contributed by atoms with Crippen LogP contribution in [0, 0.1) is 0 Å². The summed E-state index contributed by atoms with van der Waals surface area (Å²) < 4.78 is 72.0.